The molecule has 1 fully saturated rings. The topological polar surface area (TPSA) is 105 Å². The van der Waals surface area contributed by atoms with Crippen molar-refractivity contribution >= 4 is 23.4 Å². The molecule has 180 valence electrons. The summed E-state index contributed by atoms with van der Waals surface area (Å²) in [6.45, 7) is 0.793. The van der Waals surface area contributed by atoms with Gasteiger partial charge in [0.25, 0.3) is 5.91 Å². The van der Waals surface area contributed by atoms with E-state index in [2.05, 4.69) is 10.6 Å². The summed E-state index contributed by atoms with van der Waals surface area (Å²) in [6, 6.07) is 23.9. The third kappa shape index (κ3) is 6.33. The van der Waals surface area contributed by atoms with Crippen molar-refractivity contribution in [3.05, 3.63) is 90.0 Å². The summed E-state index contributed by atoms with van der Waals surface area (Å²) < 4.78 is 0. The molecule has 0 saturated carbocycles. The van der Waals surface area contributed by atoms with E-state index in [0.717, 1.165) is 29.5 Å². The van der Waals surface area contributed by atoms with Gasteiger partial charge in [-0.25, -0.2) is 0 Å². The van der Waals surface area contributed by atoms with Crippen molar-refractivity contribution in [2.75, 3.05) is 18.4 Å². The summed E-state index contributed by atoms with van der Waals surface area (Å²) in [4.78, 5) is 40.2. The number of amides is 3. The lowest BCUT2D eigenvalue weighted by Gasteiger charge is -2.24. The molecular formula is C28H30N4O3. The molecule has 4 N–H and O–H groups in total. The van der Waals surface area contributed by atoms with Crippen LogP contribution in [-0.2, 0) is 16.1 Å². The monoisotopic (exact) mass is 470 g/mol. The quantitative estimate of drug-likeness (QED) is 0.491. The second-order valence-electron chi connectivity index (χ2n) is 8.68. The van der Waals surface area contributed by atoms with Gasteiger partial charge in [-0.1, -0.05) is 54.6 Å². The van der Waals surface area contributed by atoms with Crippen molar-refractivity contribution in [2.45, 2.75) is 31.8 Å². The minimum atomic E-state index is -0.660. The number of nitrogens with zero attached hydrogens (tertiary/aromatic N) is 1. The first-order valence-corrected chi connectivity index (χ1v) is 11.9. The Balaban J connectivity index is 1.37. The first-order valence-electron chi connectivity index (χ1n) is 11.9. The van der Waals surface area contributed by atoms with Crippen LogP contribution < -0.4 is 16.4 Å². The van der Waals surface area contributed by atoms with Gasteiger partial charge in [-0.05, 0) is 60.2 Å². The highest BCUT2D eigenvalue weighted by Gasteiger charge is 2.29. The molecule has 4 rings (SSSR count). The van der Waals surface area contributed by atoms with Crippen LogP contribution in [0.4, 0.5) is 5.69 Å². The van der Waals surface area contributed by atoms with Gasteiger partial charge in [0.2, 0.25) is 11.8 Å². The molecule has 1 aliphatic rings. The molecule has 0 aromatic heterocycles. The zero-order valence-electron chi connectivity index (χ0n) is 19.6. The van der Waals surface area contributed by atoms with E-state index in [0.29, 0.717) is 30.8 Å². The van der Waals surface area contributed by atoms with Crippen LogP contribution in [0, 0.1) is 0 Å². The second kappa shape index (κ2) is 11.4. The summed E-state index contributed by atoms with van der Waals surface area (Å²) in [7, 11) is 0. The van der Waals surface area contributed by atoms with Gasteiger partial charge >= 0.3 is 0 Å². The Morgan fingerprint density at radius 3 is 2.40 bits per heavy atom. The molecule has 0 aliphatic carbocycles. The molecule has 1 saturated heterocycles. The SMILES string of the molecule is NCc1cccc(NC(=O)CN2CCCCC(NC(=O)c3ccc(-c4ccccc4)cc3)C2=O)c1. The molecule has 7 heteroatoms. The Morgan fingerprint density at radius 2 is 1.66 bits per heavy atom. The molecule has 0 spiro atoms. The molecule has 3 aromatic rings. The number of anilines is 1. The minimum Gasteiger partial charge on any atom is -0.340 e. The van der Waals surface area contributed by atoms with Gasteiger partial charge in [-0.2, -0.15) is 0 Å². The first-order chi connectivity index (χ1) is 17.0. The second-order valence-corrected chi connectivity index (χ2v) is 8.68. The van der Waals surface area contributed by atoms with Gasteiger partial charge in [-0.15, -0.1) is 0 Å². The van der Waals surface area contributed by atoms with E-state index >= 15 is 0 Å². The summed E-state index contributed by atoms with van der Waals surface area (Å²) in [5.74, 6) is -0.813. The fraction of sp³-hybridized carbons (Fsp3) is 0.250. The van der Waals surface area contributed by atoms with E-state index in [1.165, 1.54) is 4.90 Å². The first kappa shape index (κ1) is 24.2. The highest BCUT2D eigenvalue weighted by atomic mass is 16.2. The Kier molecular flexibility index (Phi) is 7.90. The van der Waals surface area contributed by atoms with E-state index in [1.54, 1.807) is 18.2 Å². The summed E-state index contributed by atoms with van der Waals surface area (Å²) in [5.41, 5.74) is 9.80. The van der Waals surface area contributed by atoms with E-state index in [-0.39, 0.29) is 24.3 Å². The number of carbonyl (C=O) groups is 3. The molecule has 7 nitrogen and oxygen atoms in total. The van der Waals surface area contributed by atoms with Crippen molar-refractivity contribution in [2.24, 2.45) is 5.73 Å². The van der Waals surface area contributed by atoms with Crippen LogP contribution in [0.1, 0.15) is 35.2 Å². The number of hydrogen-bond donors (Lipinski definition) is 3. The third-order valence-corrected chi connectivity index (χ3v) is 6.12. The van der Waals surface area contributed by atoms with Crippen LogP contribution in [0.25, 0.3) is 11.1 Å². The molecule has 0 radical (unpaired) electrons. The number of likely N-dealkylation sites (tertiary alicyclic amines) is 1. The molecular weight excluding hydrogens is 440 g/mol. The van der Waals surface area contributed by atoms with Crippen LogP contribution in [0.3, 0.4) is 0 Å². The van der Waals surface area contributed by atoms with E-state index in [4.69, 9.17) is 5.73 Å². The maximum absolute atomic E-state index is 13.2. The Labute approximate surface area is 205 Å². The average molecular weight is 471 g/mol. The molecule has 0 bridgehead atoms. The molecule has 1 heterocycles. The Morgan fingerprint density at radius 1 is 0.914 bits per heavy atom. The maximum Gasteiger partial charge on any atom is 0.251 e. The van der Waals surface area contributed by atoms with Gasteiger partial charge in [0, 0.05) is 24.3 Å². The van der Waals surface area contributed by atoms with Crippen LogP contribution in [-0.4, -0.2) is 41.8 Å². The van der Waals surface area contributed by atoms with Crippen LogP contribution in [0.5, 0.6) is 0 Å². The Bertz CT molecular complexity index is 1180. The number of nitrogens with two attached hydrogens (primary N) is 1. The summed E-state index contributed by atoms with van der Waals surface area (Å²) in [5, 5.41) is 5.71. The third-order valence-electron chi connectivity index (χ3n) is 6.12. The van der Waals surface area contributed by atoms with E-state index in [1.807, 2.05) is 60.7 Å². The van der Waals surface area contributed by atoms with Crippen LogP contribution >= 0.6 is 0 Å². The molecule has 1 aliphatic heterocycles. The fourth-order valence-corrected chi connectivity index (χ4v) is 4.23. The summed E-state index contributed by atoms with van der Waals surface area (Å²) in [6.07, 6.45) is 2.11. The summed E-state index contributed by atoms with van der Waals surface area (Å²) >= 11 is 0. The smallest absolute Gasteiger partial charge is 0.251 e. The predicted octanol–water partition coefficient (Wildman–Crippen LogP) is 3.56. The zero-order valence-corrected chi connectivity index (χ0v) is 19.6. The number of benzene rings is 3. The normalized spacial score (nSPS) is 15.9. The van der Waals surface area contributed by atoms with E-state index in [9.17, 15) is 14.4 Å². The van der Waals surface area contributed by atoms with Gasteiger partial charge in [0.1, 0.15) is 6.04 Å². The molecule has 3 aromatic carbocycles. The van der Waals surface area contributed by atoms with Crippen molar-refractivity contribution in [1.29, 1.82) is 0 Å². The lowest BCUT2D eigenvalue weighted by Crippen LogP contribution is -2.49. The van der Waals surface area contributed by atoms with Crippen molar-refractivity contribution in [3.8, 4) is 11.1 Å². The number of hydrogen-bond acceptors (Lipinski definition) is 4. The molecule has 35 heavy (non-hydrogen) atoms. The zero-order chi connectivity index (χ0) is 24.6. The molecule has 1 unspecified atom stereocenters. The number of rotatable bonds is 7. The average Bonchev–Trinajstić information content (AvgIpc) is 3.05. The highest BCUT2D eigenvalue weighted by Crippen LogP contribution is 2.20. The highest BCUT2D eigenvalue weighted by molar-refractivity contribution is 5.99. The van der Waals surface area contributed by atoms with Gasteiger partial charge in [-0.3, -0.25) is 14.4 Å². The largest absolute Gasteiger partial charge is 0.340 e. The molecule has 1 atom stereocenters. The standard InChI is InChI=1S/C28H30N4O3/c29-18-20-7-6-10-24(17-20)30-26(33)19-32-16-5-4-11-25(28(32)35)31-27(34)23-14-12-22(13-15-23)21-8-2-1-3-9-21/h1-3,6-10,12-15,17,25H,4-5,11,16,18-19,29H2,(H,30,33)(H,31,34). The lowest BCUT2D eigenvalue weighted by atomic mass is 10.0. The maximum atomic E-state index is 13.2. The van der Waals surface area contributed by atoms with Crippen molar-refractivity contribution in [3.63, 3.8) is 0 Å². The Hall–Kier alpha value is -3.97. The van der Waals surface area contributed by atoms with Gasteiger partial charge in [0.05, 0.1) is 6.54 Å². The number of nitrogens with one attached hydrogen (secondary N) is 2. The molecule has 3 amide bonds. The number of carbonyl (C=O) groups excluding carboxylic acids is 3. The van der Waals surface area contributed by atoms with Crippen molar-refractivity contribution in [1.82, 2.24) is 10.2 Å². The van der Waals surface area contributed by atoms with E-state index < -0.39 is 6.04 Å². The van der Waals surface area contributed by atoms with Gasteiger partial charge in [0.15, 0.2) is 0 Å². The fourth-order valence-electron chi connectivity index (χ4n) is 4.23. The lowest BCUT2D eigenvalue weighted by molar-refractivity contribution is -0.135. The van der Waals surface area contributed by atoms with Crippen molar-refractivity contribution < 1.29 is 14.4 Å². The predicted molar refractivity (Wildman–Crippen MR) is 137 cm³/mol. The van der Waals surface area contributed by atoms with Crippen LogP contribution in [0.15, 0.2) is 78.9 Å². The van der Waals surface area contributed by atoms with Gasteiger partial charge < -0.3 is 21.3 Å². The van der Waals surface area contributed by atoms with Crippen LogP contribution in [0.2, 0.25) is 0 Å². The minimum absolute atomic E-state index is 0.0656.